The van der Waals surface area contributed by atoms with E-state index in [-0.39, 0.29) is 11.6 Å². The standard InChI is InChI=1S/C12H20ClN3O/c1-8-9(11(13)16(3)15-8)7-10(14)12(2)5-4-6-17-12/h10H,4-7,14H2,1-3H3. The Morgan fingerprint density at radius 1 is 1.65 bits per heavy atom. The molecule has 1 fully saturated rings. The molecule has 2 rings (SSSR count). The summed E-state index contributed by atoms with van der Waals surface area (Å²) >= 11 is 6.21. The molecule has 0 aliphatic carbocycles. The van der Waals surface area contributed by atoms with Crippen LogP contribution in [0.1, 0.15) is 31.0 Å². The number of nitrogens with two attached hydrogens (primary N) is 1. The lowest BCUT2D eigenvalue weighted by Gasteiger charge is -2.30. The van der Waals surface area contributed by atoms with Gasteiger partial charge in [0.05, 0.1) is 11.3 Å². The maximum absolute atomic E-state index is 6.27. The zero-order valence-corrected chi connectivity index (χ0v) is 11.4. The van der Waals surface area contributed by atoms with E-state index >= 15 is 0 Å². The summed E-state index contributed by atoms with van der Waals surface area (Å²) in [4.78, 5) is 0. The van der Waals surface area contributed by atoms with Gasteiger partial charge in [0.25, 0.3) is 0 Å². The molecular weight excluding hydrogens is 238 g/mol. The first-order valence-electron chi connectivity index (χ1n) is 6.01. The van der Waals surface area contributed by atoms with Crippen LogP contribution in [0.15, 0.2) is 0 Å². The lowest BCUT2D eigenvalue weighted by Crippen LogP contribution is -2.46. The molecule has 2 atom stereocenters. The highest BCUT2D eigenvalue weighted by Gasteiger charge is 2.37. The second-order valence-corrected chi connectivity index (χ2v) is 5.41. The fourth-order valence-electron chi connectivity index (χ4n) is 2.43. The number of ether oxygens (including phenoxy) is 1. The van der Waals surface area contributed by atoms with Crippen LogP contribution in [0.3, 0.4) is 0 Å². The van der Waals surface area contributed by atoms with Gasteiger partial charge in [0.1, 0.15) is 5.15 Å². The van der Waals surface area contributed by atoms with Gasteiger partial charge in [-0.1, -0.05) is 11.6 Å². The molecule has 2 unspecified atom stereocenters. The van der Waals surface area contributed by atoms with Crippen LogP contribution in [0.4, 0.5) is 0 Å². The number of aromatic nitrogens is 2. The minimum absolute atomic E-state index is 0.0367. The van der Waals surface area contributed by atoms with Crippen molar-refractivity contribution >= 4 is 11.6 Å². The largest absolute Gasteiger partial charge is 0.374 e. The van der Waals surface area contributed by atoms with Gasteiger partial charge in [0.15, 0.2) is 0 Å². The van der Waals surface area contributed by atoms with Gasteiger partial charge in [0.2, 0.25) is 0 Å². The summed E-state index contributed by atoms with van der Waals surface area (Å²) in [6, 6.07) is -0.0367. The molecule has 1 saturated heterocycles. The topological polar surface area (TPSA) is 53.1 Å². The molecule has 4 nitrogen and oxygen atoms in total. The van der Waals surface area contributed by atoms with Crippen LogP contribution in [0.5, 0.6) is 0 Å². The van der Waals surface area contributed by atoms with Crippen LogP contribution in [0, 0.1) is 6.92 Å². The highest BCUT2D eigenvalue weighted by Crippen LogP contribution is 2.31. The van der Waals surface area contributed by atoms with Crippen molar-refractivity contribution in [2.75, 3.05) is 6.61 Å². The molecule has 96 valence electrons. The van der Waals surface area contributed by atoms with E-state index in [1.54, 1.807) is 4.68 Å². The Hall–Kier alpha value is -0.580. The Balaban J connectivity index is 2.15. The number of aryl methyl sites for hydroxylation is 2. The third kappa shape index (κ3) is 2.34. The fourth-order valence-corrected chi connectivity index (χ4v) is 2.69. The monoisotopic (exact) mass is 257 g/mol. The van der Waals surface area contributed by atoms with Crippen molar-refractivity contribution in [1.29, 1.82) is 0 Å². The fraction of sp³-hybridized carbons (Fsp3) is 0.750. The molecule has 5 heteroatoms. The van der Waals surface area contributed by atoms with Crippen LogP contribution >= 0.6 is 11.6 Å². The number of rotatable bonds is 3. The number of halogens is 1. The molecule has 17 heavy (non-hydrogen) atoms. The van der Waals surface area contributed by atoms with E-state index in [1.807, 2.05) is 14.0 Å². The van der Waals surface area contributed by atoms with Crippen LogP contribution < -0.4 is 5.73 Å². The zero-order valence-electron chi connectivity index (χ0n) is 10.7. The second kappa shape index (κ2) is 4.59. The molecule has 2 heterocycles. The van der Waals surface area contributed by atoms with Gasteiger partial charge >= 0.3 is 0 Å². The lowest BCUT2D eigenvalue weighted by molar-refractivity contribution is -0.000927. The average molecular weight is 258 g/mol. The first kappa shape index (κ1) is 12.9. The van der Waals surface area contributed by atoms with Gasteiger partial charge < -0.3 is 10.5 Å². The van der Waals surface area contributed by atoms with Crippen LogP contribution in [0.2, 0.25) is 5.15 Å². The number of hydrogen-bond donors (Lipinski definition) is 1. The van der Waals surface area contributed by atoms with Crippen molar-refractivity contribution in [3.05, 3.63) is 16.4 Å². The molecule has 1 aromatic heterocycles. The van der Waals surface area contributed by atoms with E-state index in [0.29, 0.717) is 5.15 Å². The summed E-state index contributed by atoms with van der Waals surface area (Å²) < 4.78 is 7.46. The van der Waals surface area contributed by atoms with Crippen molar-refractivity contribution in [1.82, 2.24) is 9.78 Å². The third-order valence-electron chi connectivity index (χ3n) is 3.73. The molecule has 0 bridgehead atoms. The van der Waals surface area contributed by atoms with Crippen LogP contribution in [0.25, 0.3) is 0 Å². The van der Waals surface area contributed by atoms with Crippen molar-refractivity contribution in [2.45, 2.75) is 44.8 Å². The smallest absolute Gasteiger partial charge is 0.130 e. The van der Waals surface area contributed by atoms with Crippen molar-refractivity contribution in [3.63, 3.8) is 0 Å². The van der Waals surface area contributed by atoms with Crippen molar-refractivity contribution < 1.29 is 4.74 Å². The molecule has 1 aromatic rings. The third-order valence-corrected chi connectivity index (χ3v) is 4.20. The Labute approximate surface area is 107 Å². The van der Waals surface area contributed by atoms with Gasteiger partial charge in [-0.2, -0.15) is 5.10 Å². The van der Waals surface area contributed by atoms with Crippen molar-refractivity contribution in [2.24, 2.45) is 12.8 Å². The maximum Gasteiger partial charge on any atom is 0.130 e. The summed E-state index contributed by atoms with van der Waals surface area (Å²) in [6.45, 7) is 4.86. The Morgan fingerprint density at radius 2 is 2.35 bits per heavy atom. The average Bonchev–Trinajstić information content (AvgIpc) is 2.80. The maximum atomic E-state index is 6.27. The van der Waals surface area contributed by atoms with Gasteiger partial charge in [-0.05, 0) is 33.1 Å². The summed E-state index contributed by atoms with van der Waals surface area (Å²) in [6.07, 6.45) is 2.82. The van der Waals surface area contributed by atoms with E-state index < -0.39 is 0 Å². The van der Waals surface area contributed by atoms with Crippen molar-refractivity contribution in [3.8, 4) is 0 Å². The number of hydrogen-bond acceptors (Lipinski definition) is 3. The Bertz CT molecular complexity index is 410. The van der Waals surface area contributed by atoms with Crippen LogP contribution in [-0.2, 0) is 18.2 Å². The molecular formula is C12H20ClN3O. The number of nitrogens with zero attached hydrogens (tertiary/aromatic N) is 2. The van der Waals surface area contributed by atoms with Gasteiger partial charge in [-0.15, -0.1) is 0 Å². The molecule has 1 aliphatic heterocycles. The second-order valence-electron chi connectivity index (χ2n) is 5.05. The minimum atomic E-state index is -0.217. The molecule has 0 amide bonds. The molecule has 1 aliphatic rings. The molecule has 0 saturated carbocycles. The predicted molar refractivity (Wildman–Crippen MR) is 68.2 cm³/mol. The zero-order chi connectivity index (χ0) is 12.6. The first-order valence-corrected chi connectivity index (χ1v) is 6.39. The predicted octanol–water partition coefficient (Wildman–Crippen LogP) is 1.82. The minimum Gasteiger partial charge on any atom is -0.374 e. The van der Waals surface area contributed by atoms with E-state index in [4.69, 9.17) is 22.1 Å². The molecule has 0 spiro atoms. The molecule has 0 aromatic carbocycles. The highest BCUT2D eigenvalue weighted by molar-refractivity contribution is 6.30. The summed E-state index contributed by atoms with van der Waals surface area (Å²) in [5, 5.41) is 4.98. The highest BCUT2D eigenvalue weighted by atomic mass is 35.5. The van der Waals surface area contributed by atoms with E-state index in [9.17, 15) is 0 Å². The lowest BCUT2D eigenvalue weighted by atomic mass is 9.89. The van der Waals surface area contributed by atoms with E-state index in [2.05, 4.69) is 12.0 Å². The SMILES string of the molecule is Cc1nn(C)c(Cl)c1CC(N)C1(C)CCCO1. The summed E-state index contributed by atoms with van der Waals surface area (Å²) in [5.74, 6) is 0. The van der Waals surface area contributed by atoms with E-state index in [1.165, 1.54) is 0 Å². The summed E-state index contributed by atoms with van der Waals surface area (Å²) in [7, 11) is 1.85. The molecule has 2 N–H and O–H groups in total. The quantitative estimate of drug-likeness (QED) is 0.899. The Kier molecular flexibility index (Phi) is 3.48. The van der Waals surface area contributed by atoms with E-state index in [0.717, 1.165) is 37.1 Å². The van der Waals surface area contributed by atoms with Crippen LogP contribution in [-0.4, -0.2) is 28.0 Å². The Morgan fingerprint density at radius 3 is 2.82 bits per heavy atom. The van der Waals surface area contributed by atoms with Gasteiger partial charge in [0, 0.05) is 25.3 Å². The molecule has 0 radical (unpaired) electrons. The van der Waals surface area contributed by atoms with Gasteiger partial charge in [-0.3, -0.25) is 4.68 Å². The van der Waals surface area contributed by atoms with Gasteiger partial charge in [-0.25, -0.2) is 0 Å². The first-order chi connectivity index (χ1) is 7.94. The summed E-state index contributed by atoms with van der Waals surface area (Å²) in [5.41, 5.74) is 8.05. The normalized spacial score (nSPS) is 26.4.